The first-order chi connectivity index (χ1) is 9.32. The van der Waals surface area contributed by atoms with E-state index in [2.05, 4.69) is 9.97 Å². The second-order valence-electron chi connectivity index (χ2n) is 5.00. The Bertz CT molecular complexity index is 467. The molecule has 0 unspecified atom stereocenters. The molecule has 2 rings (SSSR count). The van der Waals surface area contributed by atoms with Gasteiger partial charge in [-0.3, -0.25) is 3.56 Å². The molecule has 1 aliphatic carbocycles. The van der Waals surface area contributed by atoms with Crippen molar-refractivity contribution in [1.29, 1.82) is 3.56 Å². The van der Waals surface area contributed by atoms with Gasteiger partial charge in [0.1, 0.15) is 11.5 Å². The minimum atomic E-state index is -4.47. The molecule has 0 radical (unpaired) electrons. The maximum Gasteiger partial charge on any atom is 0.419 e. The minimum absolute atomic E-state index is 0.0474. The fourth-order valence-electron chi connectivity index (χ4n) is 2.26. The molecule has 1 aromatic heterocycles. The number of alkyl halides is 5. The smallest absolute Gasteiger partial charge is 0.278 e. The molecule has 20 heavy (non-hydrogen) atoms. The summed E-state index contributed by atoms with van der Waals surface area (Å²) in [5.74, 6) is 0.111. The summed E-state index contributed by atoms with van der Waals surface area (Å²) in [6.45, 7) is 0. The van der Waals surface area contributed by atoms with Crippen LogP contribution >= 0.6 is 21.0 Å². The van der Waals surface area contributed by atoms with Crippen molar-refractivity contribution in [2.75, 3.05) is 0 Å². The number of hydrogen-bond acceptors (Lipinski definition) is 3. The Morgan fingerprint density at radius 3 is 2.25 bits per heavy atom. The van der Waals surface area contributed by atoms with E-state index in [4.69, 9.17) is 3.56 Å². The van der Waals surface area contributed by atoms with E-state index in [-0.39, 0.29) is 12.2 Å². The molecule has 0 aliphatic heterocycles. The average molecular weight is 403 g/mol. The highest BCUT2D eigenvalue weighted by Gasteiger charge is 2.36. The largest absolute Gasteiger partial charge is 0.419 e. The van der Waals surface area contributed by atoms with Gasteiger partial charge in [0.25, 0.3) is 0 Å². The lowest BCUT2D eigenvalue weighted by Gasteiger charge is -2.31. The van der Waals surface area contributed by atoms with Gasteiger partial charge < -0.3 is 0 Å². The highest BCUT2D eigenvalue weighted by Crippen LogP contribution is 2.38. The fourth-order valence-corrected chi connectivity index (χ4v) is 3.51. The second kappa shape index (κ2) is 5.98. The first-order valence-corrected chi connectivity index (χ1v) is 8.51. The zero-order valence-corrected chi connectivity index (χ0v) is 12.7. The van der Waals surface area contributed by atoms with Gasteiger partial charge >= 0.3 is 6.18 Å². The van der Waals surface area contributed by atoms with Crippen LogP contribution in [0.3, 0.4) is 0 Å². The van der Waals surface area contributed by atoms with E-state index >= 15 is 0 Å². The van der Waals surface area contributed by atoms with Gasteiger partial charge in [0.2, 0.25) is 0 Å². The Kier molecular flexibility index (Phi) is 4.70. The molecule has 1 heterocycles. The summed E-state index contributed by atoms with van der Waals surface area (Å²) < 4.78 is 59.4. The lowest BCUT2D eigenvalue weighted by molar-refractivity contribution is -0.138. The van der Waals surface area contributed by atoms with Crippen LogP contribution < -0.4 is 0 Å². The van der Waals surface area contributed by atoms with Crippen molar-refractivity contribution in [3.8, 4) is 0 Å². The van der Waals surface area contributed by atoms with Crippen molar-refractivity contribution >= 4 is 21.0 Å². The number of nitrogens with one attached hydrogen (secondary N) is 1. The molecular weight excluding hydrogens is 389 g/mol. The van der Waals surface area contributed by atoms with Crippen LogP contribution in [0.2, 0.25) is 0 Å². The van der Waals surface area contributed by atoms with Crippen molar-refractivity contribution in [2.45, 2.75) is 47.9 Å². The third kappa shape index (κ3) is 3.92. The van der Waals surface area contributed by atoms with Gasteiger partial charge in [0.15, 0.2) is 0 Å². The fraction of sp³-hybridized carbons (Fsp3) is 0.667. The number of aromatic nitrogens is 2. The summed E-state index contributed by atoms with van der Waals surface area (Å²) in [6.07, 6.45) is -1.04. The molecule has 0 saturated heterocycles. The van der Waals surface area contributed by atoms with Gasteiger partial charge in [-0.25, -0.2) is 14.4 Å². The molecule has 1 saturated carbocycles. The monoisotopic (exact) mass is 403 g/mol. The first kappa shape index (κ1) is 15.7. The molecule has 0 spiro atoms. The summed E-state index contributed by atoms with van der Waals surface area (Å²) in [5, 5.41) is 0. The minimum Gasteiger partial charge on any atom is -0.278 e. The molecule has 1 aliphatic rings. The SMILES string of the molecule is N=IC1CCC(F)(Cc2ncc(C(F)(F)F)cn2)CC1. The molecule has 0 amide bonds. The molecular formula is C12H14F4IN3. The number of halogens is 5. The molecule has 8 heteroatoms. The Balaban J connectivity index is 2.01. The van der Waals surface area contributed by atoms with E-state index < -0.39 is 38.4 Å². The molecule has 1 N–H and O–H groups in total. The van der Waals surface area contributed by atoms with Crippen LogP contribution in [0.5, 0.6) is 0 Å². The lowest BCUT2D eigenvalue weighted by Crippen LogP contribution is -2.33. The second-order valence-corrected chi connectivity index (χ2v) is 7.38. The summed E-state index contributed by atoms with van der Waals surface area (Å²) >= 11 is -0.607. The highest BCUT2D eigenvalue weighted by molar-refractivity contribution is 14.1. The van der Waals surface area contributed by atoms with Crippen molar-refractivity contribution in [2.24, 2.45) is 0 Å². The molecule has 0 atom stereocenters. The molecule has 1 fully saturated rings. The summed E-state index contributed by atoms with van der Waals surface area (Å²) in [5.41, 5.74) is -2.35. The van der Waals surface area contributed by atoms with Crippen LogP contribution in [0.15, 0.2) is 12.4 Å². The zero-order chi connectivity index (χ0) is 14.8. The molecule has 1 aromatic rings. The summed E-state index contributed by atoms with van der Waals surface area (Å²) in [7, 11) is 0. The molecule has 0 aromatic carbocycles. The van der Waals surface area contributed by atoms with Crippen molar-refractivity contribution in [1.82, 2.24) is 9.97 Å². The summed E-state index contributed by atoms with van der Waals surface area (Å²) in [6, 6.07) is 0. The zero-order valence-electron chi connectivity index (χ0n) is 10.6. The third-order valence-electron chi connectivity index (χ3n) is 3.47. The Morgan fingerprint density at radius 1 is 1.25 bits per heavy atom. The lowest BCUT2D eigenvalue weighted by atomic mass is 9.84. The first-order valence-electron chi connectivity index (χ1n) is 6.18. The van der Waals surface area contributed by atoms with Crippen LogP contribution in [0.25, 0.3) is 0 Å². The van der Waals surface area contributed by atoms with Crippen molar-refractivity contribution < 1.29 is 17.6 Å². The average Bonchev–Trinajstić information content (AvgIpc) is 2.39. The number of rotatable bonds is 3. The van der Waals surface area contributed by atoms with E-state index in [9.17, 15) is 17.6 Å². The Labute approximate surface area is 124 Å². The maximum atomic E-state index is 14.6. The van der Waals surface area contributed by atoms with Gasteiger partial charge in [-0.2, -0.15) is 13.2 Å². The van der Waals surface area contributed by atoms with Crippen molar-refractivity contribution in [3.05, 3.63) is 23.8 Å². The van der Waals surface area contributed by atoms with E-state index in [0.717, 1.165) is 0 Å². The van der Waals surface area contributed by atoms with E-state index in [1.165, 1.54) is 0 Å². The molecule has 0 bridgehead atoms. The maximum absolute atomic E-state index is 14.6. The van der Waals surface area contributed by atoms with E-state index in [1.807, 2.05) is 0 Å². The van der Waals surface area contributed by atoms with Gasteiger partial charge in [-0.15, -0.1) is 0 Å². The van der Waals surface area contributed by atoms with Crippen LogP contribution in [-0.2, 0) is 12.6 Å². The highest BCUT2D eigenvalue weighted by atomic mass is 127. The standard InChI is InChI=1S/C12H14F4IN3/c13-11(3-1-9(17-18)2-4-11)5-10-19-6-8(7-20-10)12(14,15)16/h6-7,9,18H,1-5H2. The van der Waals surface area contributed by atoms with E-state index in [1.54, 1.807) is 0 Å². The van der Waals surface area contributed by atoms with Gasteiger partial charge in [-0.05, 0) is 46.7 Å². The number of nitrogens with zero attached hydrogens (tertiary/aromatic N) is 2. The van der Waals surface area contributed by atoms with E-state index in [0.29, 0.717) is 42.0 Å². The van der Waals surface area contributed by atoms with Crippen LogP contribution in [-0.4, -0.2) is 19.6 Å². The third-order valence-corrected chi connectivity index (χ3v) is 5.60. The molecule has 112 valence electrons. The number of hydrogen-bond donors (Lipinski definition) is 1. The van der Waals surface area contributed by atoms with Gasteiger partial charge in [-0.1, -0.05) is 0 Å². The normalized spacial score (nSPS) is 27.5. The summed E-state index contributed by atoms with van der Waals surface area (Å²) in [4.78, 5) is 7.24. The van der Waals surface area contributed by atoms with Crippen molar-refractivity contribution in [3.63, 3.8) is 0 Å². The predicted molar refractivity (Wildman–Crippen MR) is 73.6 cm³/mol. The molecule has 3 nitrogen and oxygen atoms in total. The topological polar surface area (TPSA) is 49.6 Å². The van der Waals surface area contributed by atoms with Gasteiger partial charge in [0.05, 0.1) is 5.56 Å². The Hall–Kier alpha value is -0.670. The van der Waals surface area contributed by atoms with Crippen LogP contribution in [0, 0.1) is 3.56 Å². The van der Waals surface area contributed by atoms with Crippen LogP contribution in [0.4, 0.5) is 17.6 Å². The Morgan fingerprint density at radius 2 is 1.80 bits per heavy atom. The van der Waals surface area contributed by atoms with Crippen LogP contribution in [0.1, 0.15) is 37.1 Å². The quantitative estimate of drug-likeness (QED) is 0.462. The van der Waals surface area contributed by atoms with Gasteiger partial charge in [0, 0.05) is 22.7 Å². The predicted octanol–water partition coefficient (Wildman–Crippen LogP) is 4.42.